The smallest absolute Gasteiger partial charge is 0.193 e. The van der Waals surface area contributed by atoms with Crippen molar-refractivity contribution in [3.8, 4) is 11.5 Å². The van der Waals surface area contributed by atoms with Gasteiger partial charge in [-0.25, -0.2) is 4.98 Å². The highest BCUT2D eigenvalue weighted by Gasteiger charge is 2.20. The van der Waals surface area contributed by atoms with Gasteiger partial charge < -0.3 is 19.7 Å². The lowest BCUT2D eigenvalue weighted by molar-refractivity contribution is 0.171. The van der Waals surface area contributed by atoms with Crippen LogP contribution >= 0.6 is 35.3 Å². The highest BCUT2D eigenvalue weighted by Crippen LogP contribution is 2.25. The quantitative estimate of drug-likeness (QED) is 0.213. The molecule has 0 amide bonds. The molecule has 0 radical (unpaired) electrons. The SMILES string of the molecule is CN=C(NCCCCc1nc(C)cs1)N1CCN(Cc2cc(OC)ccc2OC)CC1.I. The maximum absolute atomic E-state index is 5.53. The van der Waals surface area contributed by atoms with E-state index in [4.69, 9.17) is 9.47 Å². The molecule has 0 saturated carbocycles. The molecule has 0 unspecified atom stereocenters. The lowest BCUT2D eigenvalue weighted by Crippen LogP contribution is -2.52. The highest BCUT2D eigenvalue weighted by molar-refractivity contribution is 14.0. The van der Waals surface area contributed by atoms with Gasteiger partial charge in [-0.3, -0.25) is 9.89 Å². The van der Waals surface area contributed by atoms with E-state index in [1.165, 1.54) is 5.01 Å². The van der Waals surface area contributed by atoms with E-state index in [-0.39, 0.29) is 24.0 Å². The van der Waals surface area contributed by atoms with Crippen LogP contribution < -0.4 is 14.8 Å². The van der Waals surface area contributed by atoms with Gasteiger partial charge in [-0.15, -0.1) is 35.3 Å². The Morgan fingerprint density at radius 1 is 1.16 bits per heavy atom. The molecule has 178 valence electrons. The normalized spacial score (nSPS) is 14.8. The van der Waals surface area contributed by atoms with Crippen LogP contribution in [0.2, 0.25) is 0 Å². The van der Waals surface area contributed by atoms with E-state index in [1.807, 2.05) is 19.2 Å². The average molecular weight is 574 g/mol. The number of aliphatic imine (C=N–C) groups is 1. The molecular weight excluding hydrogens is 537 g/mol. The van der Waals surface area contributed by atoms with Crippen molar-refractivity contribution in [1.82, 2.24) is 20.1 Å². The Bertz CT molecular complexity index is 853. The largest absolute Gasteiger partial charge is 0.497 e. The predicted octanol–water partition coefficient (Wildman–Crippen LogP) is 3.80. The number of piperazine rings is 1. The average Bonchev–Trinajstić information content (AvgIpc) is 3.22. The molecule has 0 spiro atoms. The monoisotopic (exact) mass is 573 g/mol. The van der Waals surface area contributed by atoms with Gasteiger partial charge in [0.1, 0.15) is 11.5 Å². The Morgan fingerprint density at radius 2 is 1.94 bits per heavy atom. The number of benzene rings is 1. The first-order chi connectivity index (χ1) is 15.1. The second-order valence-corrected chi connectivity index (χ2v) is 8.70. The molecule has 1 aliphatic heterocycles. The van der Waals surface area contributed by atoms with Crippen LogP contribution in [0, 0.1) is 6.92 Å². The van der Waals surface area contributed by atoms with E-state index in [1.54, 1.807) is 25.6 Å². The molecule has 2 aromatic rings. The van der Waals surface area contributed by atoms with Gasteiger partial charge in [0.05, 0.1) is 19.2 Å². The zero-order valence-corrected chi connectivity index (χ0v) is 22.7. The third-order valence-electron chi connectivity index (χ3n) is 5.53. The van der Waals surface area contributed by atoms with Gasteiger partial charge in [0, 0.05) is 63.0 Å². The van der Waals surface area contributed by atoms with Gasteiger partial charge in [-0.05, 0) is 44.4 Å². The highest BCUT2D eigenvalue weighted by atomic mass is 127. The number of aromatic nitrogens is 1. The zero-order chi connectivity index (χ0) is 22.1. The number of aryl methyl sites for hydroxylation is 2. The topological polar surface area (TPSA) is 62.2 Å². The van der Waals surface area contributed by atoms with E-state index in [9.17, 15) is 0 Å². The Hall–Kier alpha value is -1.59. The second kappa shape index (κ2) is 13.8. The summed E-state index contributed by atoms with van der Waals surface area (Å²) in [6.07, 6.45) is 3.32. The molecule has 1 N–H and O–H groups in total. The van der Waals surface area contributed by atoms with Gasteiger partial charge in [-0.1, -0.05) is 0 Å². The van der Waals surface area contributed by atoms with Crippen molar-refractivity contribution in [2.75, 3.05) is 54.0 Å². The van der Waals surface area contributed by atoms with Crippen molar-refractivity contribution in [2.45, 2.75) is 32.7 Å². The van der Waals surface area contributed by atoms with Gasteiger partial charge in [-0.2, -0.15) is 0 Å². The third kappa shape index (κ3) is 7.77. The molecule has 0 aliphatic carbocycles. The summed E-state index contributed by atoms with van der Waals surface area (Å²) in [5.74, 6) is 2.78. The molecule has 1 aromatic carbocycles. The van der Waals surface area contributed by atoms with Crippen molar-refractivity contribution >= 4 is 41.3 Å². The van der Waals surface area contributed by atoms with Crippen molar-refractivity contribution in [3.63, 3.8) is 0 Å². The molecule has 9 heteroatoms. The van der Waals surface area contributed by atoms with E-state index < -0.39 is 0 Å². The first-order valence-electron chi connectivity index (χ1n) is 10.9. The Balaban J connectivity index is 0.00000363. The van der Waals surface area contributed by atoms with Crippen molar-refractivity contribution < 1.29 is 9.47 Å². The van der Waals surface area contributed by atoms with E-state index in [0.29, 0.717) is 0 Å². The van der Waals surface area contributed by atoms with Gasteiger partial charge >= 0.3 is 0 Å². The van der Waals surface area contributed by atoms with Crippen LogP contribution in [0.4, 0.5) is 0 Å². The fourth-order valence-electron chi connectivity index (χ4n) is 3.82. The number of rotatable bonds is 9. The Kier molecular flexibility index (Phi) is 11.5. The Labute approximate surface area is 213 Å². The molecule has 3 rings (SSSR count). The molecule has 0 atom stereocenters. The third-order valence-corrected chi connectivity index (χ3v) is 6.56. The number of ether oxygens (including phenoxy) is 2. The van der Waals surface area contributed by atoms with Crippen LogP contribution in [-0.4, -0.2) is 74.7 Å². The minimum Gasteiger partial charge on any atom is -0.497 e. The number of guanidine groups is 1. The number of nitrogens with one attached hydrogen (secondary N) is 1. The minimum absolute atomic E-state index is 0. The number of nitrogens with zero attached hydrogens (tertiary/aromatic N) is 4. The summed E-state index contributed by atoms with van der Waals surface area (Å²) >= 11 is 1.76. The number of halogens is 1. The summed E-state index contributed by atoms with van der Waals surface area (Å²) in [5, 5.41) is 6.90. The van der Waals surface area contributed by atoms with Crippen LogP contribution in [-0.2, 0) is 13.0 Å². The van der Waals surface area contributed by atoms with Crippen molar-refractivity contribution in [3.05, 3.63) is 39.8 Å². The van der Waals surface area contributed by atoms with Crippen molar-refractivity contribution in [2.24, 2.45) is 4.99 Å². The van der Waals surface area contributed by atoms with Gasteiger partial charge in [0.15, 0.2) is 5.96 Å². The summed E-state index contributed by atoms with van der Waals surface area (Å²) in [4.78, 5) is 13.8. The minimum atomic E-state index is 0. The summed E-state index contributed by atoms with van der Waals surface area (Å²) in [7, 11) is 5.29. The summed E-state index contributed by atoms with van der Waals surface area (Å²) in [6, 6.07) is 5.98. The zero-order valence-electron chi connectivity index (χ0n) is 19.6. The first kappa shape index (κ1) is 26.7. The van der Waals surface area contributed by atoms with Gasteiger partial charge in [0.25, 0.3) is 0 Å². The summed E-state index contributed by atoms with van der Waals surface area (Å²) < 4.78 is 10.9. The fourth-order valence-corrected chi connectivity index (χ4v) is 4.63. The summed E-state index contributed by atoms with van der Waals surface area (Å²) in [5.41, 5.74) is 2.29. The maximum atomic E-state index is 5.53. The lowest BCUT2D eigenvalue weighted by atomic mass is 10.1. The van der Waals surface area contributed by atoms with Crippen LogP contribution in [0.1, 0.15) is 29.1 Å². The number of hydrogen-bond donors (Lipinski definition) is 1. The number of hydrogen-bond acceptors (Lipinski definition) is 6. The fraction of sp³-hybridized carbons (Fsp3) is 0.565. The predicted molar refractivity (Wildman–Crippen MR) is 143 cm³/mol. The van der Waals surface area contributed by atoms with E-state index >= 15 is 0 Å². The van der Waals surface area contributed by atoms with Crippen LogP contribution in [0.15, 0.2) is 28.6 Å². The molecule has 32 heavy (non-hydrogen) atoms. The molecule has 1 fully saturated rings. The summed E-state index contributed by atoms with van der Waals surface area (Å²) in [6.45, 7) is 7.76. The molecular formula is C23H36IN5O2S. The van der Waals surface area contributed by atoms with E-state index in [2.05, 4.69) is 43.5 Å². The Morgan fingerprint density at radius 3 is 2.56 bits per heavy atom. The molecule has 2 heterocycles. The van der Waals surface area contributed by atoms with Crippen molar-refractivity contribution in [1.29, 1.82) is 0 Å². The van der Waals surface area contributed by atoms with Crippen LogP contribution in [0.3, 0.4) is 0 Å². The van der Waals surface area contributed by atoms with E-state index in [0.717, 1.165) is 87.2 Å². The molecule has 1 aromatic heterocycles. The number of unbranched alkanes of at least 4 members (excludes halogenated alkanes) is 1. The lowest BCUT2D eigenvalue weighted by Gasteiger charge is -2.36. The first-order valence-corrected chi connectivity index (χ1v) is 11.8. The molecule has 7 nitrogen and oxygen atoms in total. The van der Waals surface area contributed by atoms with Crippen LogP contribution in [0.25, 0.3) is 0 Å². The standard InChI is InChI=1S/C23H35N5O2S.HI/c1-18-17-31-22(26-18)7-5-6-10-25-23(24-2)28-13-11-27(12-14-28)16-19-15-20(29-3)8-9-21(19)30-4;/h8-9,15,17H,5-7,10-14,16H2,1-4H3,(H,24,25);1H. The van der Waals surface area contributed by atoms with Crippen LogP contribution in [0.5, 0.6) is 11.5 Å². The number of methoxy groups -OCH3 is 2. The maximum Gasteiger partial charge on any atom is 0.193 e. The van der Waals surface area contributed by atoms with Gasteiger partial charge in [0.2, 0.25) is 0 Å². The molecule has 1 saturated heterocycles. The second-order valence-electron chi connectivity index (χ2n) is 7.75. The molecule has 0 bridgehead atoms. The molecule has 1 aliphatic rings. The number of thiazole rings is 1.